The fourth-order valence-electron chi connectivity index (χ4n) is 1.92. The van der Waals surface area contributed by atoms with Gasteiger partial charge in [0, 0.05) is 6.54 Å². The molecule has 2 aromatic rings. The van der Waals surface area contributed by atoms with Gasteiger partial charge in [-0.05, 0) is 49.2 Å². The quantitative estimate of drug-likeness (QED) is 0.864. The van der Waals surface area contributed by atoms with Gasteiger partial charge in [0.25, 0.3) is 0 Å². The molecule has 0 heterocycles. The Morgan fingerprint density at radius 2 is 1.68 bits per heavy atom. The molecule has 0 aliphatic carbocycles. The van der Waals surface area contributed by atoms with Gasteiger partial charge in [0.05, 0.1) is 0 Å². The van der Waals surface area contributed by atoms with E-state index in [1.165, 1.54) is 5.56 Å². The van der Waals surface area contributed by atoms with E-state index >= 15 is 0 Å². The maximum absolute atomic E-state index is 6.03. The average molecular weight is 255 g/mol. The first-order valence-corrected chi connectivity index (χ1v) is 6.74. The molecule has 0 radical (unpaired) electrons. The predicted molar refractivity (Wildman–Crippen MR) is 79.8 cm³/mol. The van der Waals surface area contributed by atoms with E-state index in [1.54, 1.807) is 0 Å². The van der Waals surface area contributed by atoms with Crippen LogP contribution in [-0.4, -0.2) is 6.54 Å². The van der Waals surface area contributed by atoms with Crippen LogP contribution in [0.25, 0.3) is 0 Å². The Morgan fingerprint density at radius 1 is 0.947 bits per heavy atom. The first-order valence-electron chi connectivity index (χ1n) is 6.74. The van der Waals surface area contributed by atoms with E-state index in [0.29, 0.717) is 0 Å². The summed E-state index contributed by atoms with van der Waals surface area (Å²) in [4.78, 5) is 0. The molecule has 2 aromatic carbocycles. The zero-order valence-electron chi connectivity index (χ0n) is 11.9. The van der Waals surface area contributed by atoms with Crippen molar-refractivity contribution in [3.63, 3.8) is 0 Å². The molecule has 19 heavy (non-hydrogen) atoms. The van der Waals surface area contributed by atoms with E-state index in [1.807, 2.05) is 18.2 Å². The molecule has 0 aromatic heterocycles. The van der Waals surface area contributed by atoms with Crippen molar-refractivity contribution in [1.29, 1.82) is 0 Å². The molecule has 0 saturated heterocycles. The van der Waals surface area contributed by atoms with Gasteiger partial charge in [0.1, 0.15) is 11.5 Å². The Labute approximate surface area is 115 Å². The molecule has 0 amide bonds. The first-order chi connectivity index (χ1) is 9.20. The number of rotatable bonds is 5. The number of ether oxygens (including phenoxy) is 1. The molecule has 2 rings (SSSR count). The fraction of sp³-hybridized carbons (Fsp3) is 0.294. The molecule has 0 bridgehead atoms. The summed E-state index contributed by atoms with van der Waals surface area (Å²) in [5.74, 6) is 1.86. The summed E-state index contributed by atoms with van der Waals surface area (Å²) in [5.41, 5.74) is 3.55. The minimum atomic E-state index is 0.876. The molecule has 2 nitrogen and oxygen atoms in total. The van der Waals surface area contributed by atoms with Crippen LogP contribution in [0.15, 0.2) is 42.5 Å². The van der Waals surface area contributed by atoms with Crippen LogP contribution >= 0.6 is 0 Å². The van der Waals surface area contributed by atoms with Crippen molar-refractivity contribution in [3.05, 3.63) is 59.2 Å². The highest BCUT2D eigenvalue weighted by atomic mass is 16.5. The lowest BCUT2D eigenvalue weighted by molar-refractivity contribution is 0.474. The van der Waals surface area contributed by atoms with Gasteiger partial charge in [0.15, 0.2) is 0 Å². The Kier molecular flexibility index (Phi) is 4.58. The standard InChI is InChI=1S/C17H21NO/c1-4-18-12-15-10-9-14(3)17(11-15)19-16-8-6-5-7-13(16)2/h5-11,18H,4,12H2,1-3H3. The van der Waals surface area contributed by atoms with Gasteiger partial charge in [-0.15, -0.1) is 0 Å². The number of para-hydroxylation sites is 1. The lowest BCUT2D eigenvalue weighted by atomic mass is 10.1. The average Bonchev–Trinajstić information content (AvgIpc) is 2.42. The van der Waals surface area contributed by atoms with Crippen molar-refractivity contribution < 1.29 is 4.74 Å². The summed E-state index contributed by atoms with van der Waals surface area (Å²) in [6.07, 6.45) is 0. The molecule has 0 atom stereocenters. The second kappa shape index (κ2) is 6.39. The van der Waals surface area contributed by atoms with Crippen LogP contribution in [0, 0.1) is 13.8 Å². The van der Waals surface area contributed by atoms with Crippen molar-refractivity contribution in [2.45, 2.75) is 27.3 Å². The third-order valence-electron chi connectivity index (χ3n) is 3.15. The Morgan fingerprint density at radius 3 is 2.42 bits per heavy atom. The van der Waals surface area contributed by atoms with E-state index in [0.717, 1.165) is 35.7 Å². The van der Waals surface area contributed by atoms with Crippen LogP contribution in [0.2, 0.25) is 0 Å². The number of aryl methyl sites for hydroxylation is 2. The van der Waals surface area contributed by atoms with Crippen LogP contribution in [0.1, 0.15) is 23.6 Å². The van der Waals surface area contributed by atoms with Gasteiger partial charge in [-0.2, -0.15) is 0 Å². The lowest BCUT2D eigenvalue weighted by Crippen LogP contribution is -2.11. The lowest BCUT2D eigenvalue weighted by Gasteiger charge is -2.12. The Balaban J connectivity index is 2.21. The Hall–Kier alpha value is -1.80. The molecular formula is C17H21NO. The molecule has 0 aliphatic rings. The number of hydrogen-bond acceptors (Lipinski definition) is 2. The van der Waals surface area contributed by atoms with Gasteiger partial charge < -0.3 is 10.1 Å². The van der Waals surface area contributed by atoms with E-state index < -0.39 is 0 Å². The van der Waals surface area contributed by atoms with E-state index in [4.69, 9.17) is 4.74 Å². The van der Waals surface area contributed by atoms with E-state index in [9.17, 15) is 0 Å². The molecular weight excluding hydrogens is 234 g/mol. The molecule has 0 fully saturated rings. The fourth-order valence-corrected chi connectivity index (χ4v) is 1.92. The molecule has 0 saturated carbocycles. The minimum Gasteiger partial charge on any atom is -0.457 e. The van der Waals surface area contributed by atoms with Crippen molar-refractivity contribution in [3.8, 4) is 11.5 Å². The van der Waals surface area contributed by atoms with Gasteiger partial charge in [0.2, 0.25) is 0 Å². The highest BCUT2D eigenvalue weighted by Crippen LogP contribution is 2.28. The van der Waals surface area contributed by atoms with Gasteiger partial charge in [-0.3, -0.25) is 0 Å². The summed E-state index contributed by atoms with van der Waals surface area (Å²) in [7, 11) is 0. The van der Waals surface area contributed by atoms with Gasteiger partial charge in [-0.1, -0.05) is 37.3 Å². The Bertz CT molecular complexity index is 549. The van der Waals surface area contributed by atoms with Gasteiger partial charge >= 0.3 is 0 Å². The SMILES string of the molecule is CCNCc1ccc(C)c(Oc2ccccc2C)c1. The molecule has 2 heteroatoms. The third-order valence-corrected chi connectivity index (χ3v) is 3.15. The van der Waals surface area contributed by atoms with Crippen LogP contribution in [0.4, 0.5) is 0 Å². The zero-order chi connectivity index (χ0) is 13.7. The van der Waals surface area contributed by atoms with Crippen LogP contribution in [-0.2, 0) is 6.54 Å². The van der Waals surface area contributed by atoms with E-state index in [-0.39, 0.29) is 0 Å². The maximum Gasteiger partial charge on any atom is 0.130 e. The second-order valence-electron chi connectivity index (χ2n) is 4.75. The van der Waals surface area contributed by atoms with Crippen LogP contribution in [0.5, 0.6) is 11.5 Å². The number of hydrogen-bond donors (Lipinski definition) is 1. The van der Waals surface area contributed by atoms with E-state index in [2.05, 4.69) is 50.4 Å². The molecule has 0 spiro atoms. The molecule has 1 N–H and O–H groups in total. The van der Waals surface area contributed by atoms with Crippen LogP contribution in [0.3, 0.4) is 0 Å². The normalized spacial score (nSPS) is 10.5. The summed E-state index contributed by atoms with van der Waals surface area (Å²) < 4.78 is 6.03. The van der Waals surface area contributed by atoms with Crippen LogP contribution < -0.4 is 10.1 Å². The van der Waals surface area contributed by atoms with Crippen molar-refractivity contribution >= 4 is 0 Å². The molecule has 0 unspecified atom stereocenters. The monoisotopic (exact) mass is 255 g/mol. The minimum absolute atomic E-state index is 0.876. The van der Waals surface area contributed by atoms with Crippen molar-refractivity contribution in [2.75, 3.05) is 6.54 Å². The zero-order valence-corrected chi connectivity index (χ0v) is 11.9. The third kappa shape index (κ3) is 3.58. The maximum atomic E-state index is 6.03. The smallest absolute Gasteiger partial charge is 0.130 e. The summed E-state index contributed by atoms with van der Waals surface area (Å²) in [5, 5.41) is 3.33. The highest BCUT2D eigenvalue weighted by Gasteiger charge is 2.05. The summed E-state index contributed by atoms with van der Waals surface area (Å²) >= 11 is 0. The molecule has 0 aliphatic heterocycles. The summed E-state index contributed by atoms with van der Waals surface area (Å²) in [6.45, 7) is 8.10. The number of nitrogens with one attached hydrogen (secondary N) is 1. The van der Waals surface area contributed by atoms with Crippen molar-refractivity contribution in [1.82, 2.24) is 5.32 Å². The van der Waals surface area contributed by atoms with Gasteiger partial charge in [-0.25, -0.2) is 0 Å². The van der Waals surface area contributed by atoms with Crippen molar-refractivity contribution in [2.24, 2.45) is 0 Å². The molecule has 100 valence electrons. The topological polar surface area (TPSA) is 21.3 Å². The highest BCUT2D eigenvalue weighted by molar-refractivity contribution is 5.42. The second-order valence-corrected chi connectivity index (χ2v) is 4.75. The predicted octanol–water partition coefficient (Wildman–Crippen LogP) is 4.21. The summed E-state index contributed by atoms with van der Waals surface area (Å²) in [6, 6.07) is 14.5. The largest absolute Gasteiger partial charge is 0.457 e. The number of benzene rings is 2. The first kappa shape index (κ1) is 13.6.